The van der Waals surface area contributed by atoms with Crippen LogP contribution in [0.2, 0.25) is 10.0 Å². The van der Waals surface area contributed by atoms with Gasteiger partial charge in [-0.3, -0.25) is 9.69 Å². The number of rotatable bonds is 5. The van der Waals surface area contributed by atoms with Gasteiger partial charge in [-0.25, -0.2) is 0 Å². The minimum Gasteiger partial charge on any atom is -0.369 e. The van der Waals surface area contributed by atoms with Crippen LogP contribution in [-0.2, 0) is 11.2 Å². The zero-order valence-corrected chi connectivity index (χ0v) is 16.4. The Morgan fingerprint density at radius 2 is 1.77 bits per heavy atom. The van der Waals surface area contributed by atoms with E-state index in [4.69, 9.17) is 23.2 Å². The zero-order chi connectivity index (χ0) is 18.5. The van der Waals surface area contributed by atoms with Crippen molar-refractivity contribution in [1.29, 1.82) is 0 Å². The van der Waals surface area contributed by atoms with E-state index in [1.165, 1.54) is 0 Å². The van der Waals surface area contributed by atoms with Gasteiger partial charge in [0.1, 0.15) is 0 Å². The number of nitrogens with one attached hydrogen (secondary N) is 1. The van der Waals surface area contributed by atoms with Gasteiger partial charge in [0.15, 0.2) is 0 Å². The molecule has 1 aliphatic rings. The predicted molar refractivity (Wildman–Crippen MR) is 110 cm³/mol. The van der Waals surface area contributed by atoms with Gasteiger partial charge in [-0.05, 0) is 36.2 Å². The first-order chi connectivity index (χ1) is 12.6. The fourth-order valence-corrected chi connectivity index (χ4v) is 3.48. The van der Waals surface area contributed by atoms with Gasteiger partial charge in [0.05, 0.1) is 16.6 Å². The molecule has 1 heterocycles. The Labute approximate surface area is 164 Å². The van der Waals surface area contributed by atoms with Gasteiger partial charge >= 0.3 is 0 Å². The summed E-state index contributed by atoms with van der Waals surface area (Å²) < 4.78 is 0. The number of halogens is 2. The van der Waals surface area contributed by atoms with Gasteiger partial charge in [-0.15, -0.1) is 0 Å². The SMILES string of the molecule is CCc1ccccc1NC(=O)CN1CCN(c2ccc(Cl)c(Cl)c2)CC1. The van der Waals surface area contributed by atoms with Crippen molar-refractivity contribution in [1.82, 2.24) is 4.90 Å². The molecule has 1 amide bonds. The van der Waals surface area contributed by atoms with Crippen LogP contribution >= 0.6 is 23.2 Å². The molecule has 0 radical (unpaired) electrons. The number of aryl methyl sites for hydroxylation is 1. The summed E-state index contributed by atoms with van der Waals surface area (Å²) in [5, 5.41) is 4.18. The number of amides is 1. The number of piperazine rings is 1. The molecule has 4 nitrogen and oxygen atoms in total. The summed E-state index contributed by atoms with van der Waals surface area (Å²) in [5.41, 5.74) is 3.14. The highest BCUT2D eigenvalue weighted by molar-refractivity contribution is 6.42. The number of anilines is 2. The van der Waals surface area contributed by atoms with Crippen LogP contribution < -0.4 is 10.2 Å². The third kappa shape index (κ3) is 4.70. The lowest BCUT2D eigenvalue weighted by Crippen LogP contribution is -2.48. The van der Waals surface area contributed by atoms with Crippen molar-refractivity contribution < 1.29 is 4.79 Å². The van der Waals surface area contributed by atoms with Gasteiger partial charge < -0.3 is 10.2 Å². The summed E-state index contributed by atoms with van der Waals surface area (Å²) in [7, 11) is 0. The normalized spacial score (nSPS) is 15.1. The topological polar surface area (TPSA) is 35.6 Å². The van der Waals surface area contributed by atoms with Crippen LogP contribution in [0.15, 0.2) is 42.5 Å². The molecule has 6 heteroatoms. The maximum Gasteiger partial charge on any atom is 0.238 e. The van der Waals surface area contributed by atoms with Gasteiger partial charge in [0, 0.05) is 37.6 Å². The fraction of sp³-hybridized carbons (Fsp3) is 0.350. The van der Waals surface area contributed by atoms with E-state index in [9.17, 15) is 4.79 Å². The van der Waals surface area contributed by atoms with Gasteiger partial charge in [0.2, 0.25) is 5.91 Å². The lowest BCUT2D eigenvalue weighted by molar-refractivity contribution is -0.117. The minimum absolute atomic E-state index is 0.0360. The second-order valence-electron chi connectivity index (χ2n) is 6.42. The van der Waals surface area contributed by atoms with Gasteiger partial charge in [-0.2, -0.15) is 0 Å². The third-order valence-corrected chi connectivity index (χ3v) is 5.42. The summed E-state index contributed by atoms with van der Waals surface area (Å²) in [5.74, 6) is 0.0360. The number of hydrogen-bond acceptors (Lipinski definition) is 3. The van der Waals surface area contributed by atoms with Crippen molar-refractivity contribution in [3.8, 4) is 0 Å². The number of nitrogens with zero attached hydrogens (tertiary/aromatic N) is 2. The molecule has 0 aliphatic carbocycles. The van der Waals surface area contributed by atoms with Crippen LogP contribution in [0, 0.1) is 0 Å². The first kappa shape index (κ1) is 19.0. The van der Waals surface area contributed by atoms with E-state index in [0.29, 0.717) is 16.6 Å². The molecule has 0 spiro atoms. The minimum atomic E-state index is 0.0360. The highest BCUT2D eigenvalue weighted by Gasteiger charge is 2.20. The van der Waals surface area contributed by atoms with Crippen LogP contribution in [0.1, 0.15) is 12.5 Å². The van der Waals surface area contributed by atoms with E-state index < -0.39 is 0 Å². The van der Waals surface area contributed by atoms with Crippen LogP contribution in [0.4, 0.5) is 11.4 Å². The van der Waals surface area contributed by atoms with Crippen LogP contribution in [-0.4, -0.2) is 43.5 Å². The van der Waals surface area contributed by atoms with Crippen molar-refractivity contribution in [2.75, 3.05) is 42.9 Å². The number of benzene rings is 2. The monoisotopic (exact) mass is 391 g/mol. The van der Waals surface area contributed by atoms with Gasteiger partial charge in [0.25, 0.3) is 0 Å². The lowest BCUT2D eigenvalue weighted by atomic mass is 10.1. The highest BCUT2D eigenvalue weighted by atomic mass is 35.5. The molecule has 0 bridgehead atoms. The Balaban J connectivity index is 1.52. The number of carbonyl (C=O) groups excluding carboxylic acids is 1. The maximum atomic E-state index is 12.4. The Morgan fingerprint density at radius 1 is 1.04 bits per heavy atom. The maximum absolute atomic E-state index is 12.4. The predicted octanol–water partition coefficient (Wildman–Crippen LogP) is 4.32. The van der Waals surface area contributed by atoms with Crippen molar-refractivity contribution in [3.05, 3.63) is 58.1 Å². The fourth-order valence-electron chi connectivity index (χ4n) is 3.19. The van der Waals surface area contributed by atoms with Crippen molar-refractivity contribution in [2.24, 2.45) is 0 Å². The molecule has 0 aromatic heterocycles. The second-order valence-corrected chi connectivity index (χ2v) is 7.23. The van der Waals surface area contributed by atoms with E-state index in [1.807, 2.05) is 42.5 Å². The highest BCUT2D eigenvalue weighted by Crippen LogP contribution is 2.27. The van der Waals surface area contributed by atoms with Crippen LogP contribution in [0.25, 0.3) is 0 Å². The summed E-state index contributed by atoms with van der Waals surface area (Å²) in [4.78, 5) is 16.8. The summed E-state index contributed by atoms with van der Waals surface area (Å²) in [6.07, 6.45) is 0.902. The molecule has 2 aromatic rings. The number of para-hydroxylation sites is 1. The smallest absolute Gasteiger partial charge is 0.238 e. The molecule has 2 aromatic carbocycles. The second kappa shape index (κ2) is 8.76. The van der Waals surface area contributed by atoms with Crippen molar-refractivity contribution in [3.63, 3.8) is 0 Å². The van der Waals surface area contributed by atoms with E-state index in [2.05, 4.69) is 22.0 Å². The number of hydrogen-bond donors (Lipinski definition) is 1. The van der Waals surface area contributed by atoms with E-state index in [0.717, 1.165) is 49.5 Å². The average molecular weight is 392 g/mol. The van der Waals surface area contributed by atoms with E-state index in [-0.39, 0.29) is 5.91 Å². The molecular formula is C20H23Cl2N3O. The van der Waals surface area contributed by atoms with Crippen LogP contribution in [0.3, 0.4) is 0 Å². The lowest BCUT2D eigenvalue weighted by Gasteiger charge is -2.35. The molecule has 0 unspecified atom stereocenters. The molecule has 1 N–H and O–H groups in total. The summed E-state index contributed by atoms with van der Waals surface area (Å²) in [6, 6.07) is 13.7. The molecule has 1 aliphatic heterocycles. The van der Waals surface area contributed by atoms with E-state index in [1.54, 1.807) is 0 Å². The molecule has 0 atom stereocenters. The van der Waals surface area contributed by atoms with Crippen molar-refractivity contribution >= 4 is 40.5 Å². The zero-order valence-electron chi connectivity index (χ0n) is 14.8. The molecule has 1 saturated heterocycles. The van der Waals surface area contributed by atoms with E-state index >= 15 is 0 Å². The molecule has 3 rings (SSSR count). The standard InChI is InChI=1S/C20H23Cl2N3O/c1-2-15-5-3-4-6-19(15)23-20(26)14-24-9-11-25(12-10-24)16-7-8-17(21)18(22)13-16/h3-8,13H,2,9-12,14H2,1H3,(H,23,26). The Hall–Kier alpha value is -1.75. The molecule has 138 valence electrons. The molecule has 26 heavy (non-hydrogen) atoms. The van der Waals surface area contributed by atoms with Crippen LogP contribution in [0.5, 0.6) is 0 Å². The molecule has 1 fully saturated rings. The molecular weight excluding hydrogens is 369 g/mol. The largest absolute Gasteiger partial charge is 0.369 e. The molecule has 0 saturated carbocycles. The Kier molecular flexibility index (Phi) is 6.41. The van der Waals surface area contributed by atoms with Crippen molar-refractivity contribution in [2.45, 2.75) is 13.3 Å². The quantitative estimate of drug-likeness (QED) is 0.824. The van der Waals surface area contributed by atoms with Gasteiger partial charge in [-0.1, -0.05) is 48.3 Å². The number of carbonyl (C=O) groups is 1. The average Bonchev–Trinajstić information content (AvgIpc) is 2.65. The first-order valence-corrected chi connectivity index (χ1v) is 9.62. The third-order valence-electron chi connectivity index (χ3n) is 4.68. The Morgan fingerprint density at radius 3 is 2.46 bits per heavy atom. The Bertz CT molecular complexity index is 773. The summed E-state index contributed by atoms with van der Waals surface area (Å²) in [6.45, 7) is 5.89. The first-order valence-electron chi connectivity index (χ1n) is 8.87. The summed E-state index contributed by atoms with van der Waals surface area (Å²) >= 11 is 12.1.